The van der Waals surface area contributed by atoms with E-state index in [2.05, 4.69) is 58.7 Å². The number of halogens is 1. The van der Waals surface area contributed by atoms with Crippen molar-refractivity contribution in [2.24, 2.45) is 5.92 Å². The van der Waals surface area contributed by atoms with E-state index in [1.165, 1.54) is 39.0 Å². The van der Waals surface area contributed by atoms with E-state index >= 15 is 0 Å². The van der Waals surface area contributed by atoms with Crippen LogP contribution in [0.1, 0.15) is 56.0 Å². The van der Waals surface area contributed by atoms with Crippen LogP contribution in [0.4, 0.5) is 5.95 Å². The van der Waals surface area contributed by atoms with Crippen molar-refractivity contribution in [3.8, 4) is 11.8 Å². The molecule has 2 aliphatic rings. The minimum absolute atomic E-state index is 0.312. The summed E-state index contributed by atoms with van der Waals surface area (Å²) in [5, 5.41) is 9.91. The number of rotatable bonds is 9. The third-order valence-electron chi connectivity index (χ3n) is 8.74. The lowest BCUT2D eigenvalue weighted by Crippen LogP contribution is -2.49. The van der Waals surface area contributed by atoms with E-state index in [1.807, 2.05) is 36.5 Å². The number of piperidine rings is 1. The molecule has 0 aliphatic carbocycles. The summed E-state index contributed by atoms with van der Waals surface area (Å²) in [4.78, 5) is 16.9. The number of hydrogen-bond donors (Lipinski definition) is 0. The summed E-state index contributed by atoms with van der Waals surface area (Å²) in [7, 11) is 0. The van der Waals surface area contributed by atoms with Crippen LogP contribution >= 0.6 is 11.6 Å². The van der Waals surface area contributed by atoms with E-state index in [1.54, 1.807) is 6.07 Å². The first kappa shape index (κ1) is 29.3. The number of hydrogen-bond acceptors (Lipinski definition) is 7. The van der Waals surface area contributed by atoms with Gasteiger partial charge in [-0.2, -0.15) is 5.26 Å². The van der Waals surface area contributed by atoms with Crippen LogP contribution in [-0.2, 0) is 12.0 Å². The van der Waals surface area contributed by atoms with Crippen molar-refractivity contribution in [2.75, 3.05) is 57.3 Å². The molecule has 5 rings (SSSR count). The maximum absolute atomic E-state index is 9.34. The molecule has 0 atom stereocenters. The number of piperazine rings is 1. The monoisotopic (exact) mass is 572 g/mol. The minimum atomic E-state index is -0.312. The number of likely N-dealkylation sites (tertiary alicyclic amines) is 1. The topological polar surface area (TPSA) is 68.5 Å². The normalized spacial score (nSPS) is 17.4. The first-order valence-corrected chi connectivity index (χ1v) is 15.2. The van der Waals surface area contributed by atoms with Crippen molar-refractivity contribution >= 4 is 17.5 Å². The Morgan fingerprint density at radius 2 is 1.68 bits per heavy atom. The molecule has 0 bridgehead atoms. The van der Waals surface area contributed by atoms with E-state index in [4.69, 9.17) is 21.3 Å². The SMILES string of the molecule is CCN1CCC(CN2CCN(c3nccc(COc4ccc(C(C)(C)c5cc(Cl)cc(C#N)c5)cc4)n3)CC2)CC1. The van der Waals surface area contributed by atoms with Crippen LogP contribution in [0.15, 0.2) is 54.7 Å². The highest BCUT2D eigenvalue weighted by molar-refractivity contribution is 6.30. The Morgan fingerprint density at radius 3 is 2.37 bits per heavy atom. The summed E-state index contributed by atoms with van der Waals surface area (Å²) in [6, 6.07) is 17.7. The Labute approximate surface area is 249 Å². The van der Waals surface area contributed by atoms with Crippen LogP contribution in [0.2, 0.25) is 5.02 Å². The third-order valence-corrected chi connectivity index (χ3v) is 8.96. The fourth-order valence-corrected chi connectivity index (χ4v) is 6.14. The van der Waals surface area contributed by atoms with Crippen LogP contribution in [0.5, 0.6) is 5.75 Å². The van der Waals surface area contributed by atoms with Gasteiger partial charge in [0.1, 0.15) is 12.4 Å². The van der Waals surface area contributed by atoms with Gasteiger partial charge in [-0.05, 0) is 85.9 Å². The second kappa shape index (κ2) is 13.2. The summed E-state index contributed by atoms with van der Waals surface area (Å²) in [6.07, 6.45) is 4.48. The van der Waals surface area contributed by atoms with Gasteiger partial charge < -0.3 is 14.5 Å². The highest BCUT2D eigenvalue weighted by Crippen LogP contribution is 2.34. The highest BCUT2D eigenvalue weighted by Gasteiger charge is 2.25. The van der Waals surface area contributed by atoms with E-state index < -0.39 is 0 Å². The standard InChI is InChI=1S/C33H41ClN6O/c1-4-38-13-10-25(11-14-38)23-39-15-17-40(18-16-39)32-36-12-9-30(37-32)24-41-31-7-5-27(6-8-31)33(2,3)28-19-26(22-35)20-29(34)21-28/h5-9,12,19-21,25H,4,10-11,13-18,23-24H2,1-3H3. The van der Waals surface area contributed by atoms with Gasteiger partial charge in [-0.3, -0.25) is 4.90 Å². The van der Waals surface area contributed by atoms with Crippen molar-refractivity contribution in [1.29, 1.82) is 5.26 Å². The van der Waals surface area contributed by atoms with Gasteiger partial charge in [0.05, 0.1) is 17.3 Å². The number of anilines is 1. The van der Waals surface area contributed by atoms with Crippen LogP contribution in [-0.4, -0.2) is 72.1 Å². The van der Waals surface area contributed by atoms with Crippen LogP contribution in [0.25, 0.3) is 0 Å². The number of nitriles is 1. The summed E-state index contributed by atoms with van der Waals surface area (Å²) >= 11 is 6.27. The molecule has 0 N–H and O–H groups in total. The summed E-state index contributed by atoms with van der Waals surface area (Å²) < 4.78 is 6.10. The molecule has 0 radical (unpaired) electrons. The lowest BCUT2D eigenvalue weighted by Gasteiger charge is -2.38. The van der Waals surface area contributed by atoms with Crippen molar-refractivity contribution in [3.63, 3.8) is 0 Å². The lowest BCUT2D eigenvalue weighted by atomic mass is 9.78. The first-order valence-electron chi connectivity index (χ1n) is 14.8. The Morgan fingerprint density at radius 1 is 0.951 bits per heavy atom. The van der Waals surface area contributed by atoms with Gasteiger partial charge in [0.15, 0.2) is 0 Å². The van der Waals surface area contributed by atoms with Gasteiger partial charge in [0, 0.05) is 49.4 Å². The van der Waals surface area contributed by atoms with Crippen molar-refractivity contribution in [2.45, 2.75) is 45.6 Å². The third kappa shape index (κ3) is 7.37. The molecule has 7 nitrogen and oxygen atoms in total. The summed E-state index contributed by atoms with van der Waals surface area (Å²) in [5.74, 6) is 2.40. The second-order valence-electron chi connectivity index (χ2n) is 11.8. The summed E-state index contributed by atoms with van der Waals surface area (Å²) in [5.41, 5.74) is 3.24. The van der Waals surface area contributed by atoms with Crippen LogP contribution in [0, 0.1) is 17.2 Å². The molecule has 0 amide bonds. The molecule has 3 aromatic rings. The molecule has 216 valence electrons. The zero-order chi connectivity index (χ0) is 28.8. The molecule has 1 aromatic heterocycles. The minimum Gasteiger partial charge on any atom is -0.487 e. The molecule has 8 heteroatoms. The number of nitrogens with zero attached hydrogens (tertiary/aromatic N) is 6. The summed E-state index contributed by atoms with van der Waals surface area (Å²) in [6.45, 7) is 15.8. The molecule has 0 spiro atoms. The highest BCUT2D eigenvalue weighted by atomic mass is 35.5. The van der Waals surface area contributed by atoms with Crippen LogP contribution < -0.4 is 9.64 Å². The maximum Gasteiger partial charge on any atom is 0.225 e. The van der Waals surface area contributed by atoms with E-state index in [9.17, 15) is 5.26 Å². The Bertz CT molecular complexity index is 1340. The fraction of sp³-hybridized carbons (Fsp3) is 0.485. The Kier molecular flexibility index (Phi) is 9.44. The second-order valence-corrected chi connectivity index (χ2v) is 12.2. The van der Waals surface area contributed by atoms with Gasteiger partial charge in [0.25, 0.3) is 0 Å². The first-order chi connectivity index (χ1) is 19.8. The van der Waals surface area contributed by atoms with Crippen LogP contribution in [0.3, 0.4) is 0 Å². The quantitative estimate of drug-likeness (QED) is 0.323. The van der Waals surface area contributed by atoms with Crippen molar-refractivity contribution in [1.82, 2.24) is 19.8 Å². The average Bonchev–Trinajstić information content (AvgIpc) is 3.01. The van der Waals surface area contributed by atoms with Crippen molar-refractivity contribution in [3.05, 3.63) is 82.1 Å². The number of benzene rings is 2. The molecule has 41 heavy (non-hydrogen) atoms. The van der Waals surface area contributed by atoms with Gasteiger partial charge in [0.2, 0.25) is 5.95 Å². The zero-order valence-electron chi connectivity index (χ0n) is 24.5. The van der Waals surface area contributed by atoms with Gasteiger partial charge in [-0.25, -0.2) is 9.97 Å². The van der Waals surface area contributed by atoms with E-state index in [0.29, 0.717) is 17.2 Å². The zero-order valence-corrected chi connectivity index (χ0v) is 25.3. The Hall–Kier alpha value is -3.18. The molecule has 2 saturated heterocycles. The largest absolute Gasteiger partial charge is 0.487 e. The smallest absolute Gasteiger partial charge is 0.225 e. The van der Waals surface area contributed by atoms with Crippen molar-refractivity contribution < 1.29 is 4.74 Å². The van der Waals surface area contributed by atoms with E-state index in [-0.39, 0.29) is 5.41 Å². The molecular formula is C33H41ClN6O. The van der Waals surface area contributed by atoms with E-state index in [0.717, 1.165) is 60.6 Å². The molecule has 2 fully saturated rings. The maximum atomic E-state index is 9.34. The van der Waals surface area contributed by atoms with Gasteiger partial charge in [-0.15, -0.1) is 0 Å². The average molecular weight is 573 g/mol. The molecule has 0 saturated carbocycles. The molecule has 0 unspecified atom stereocenters. The fourth-order valence-electron chi connectivity index (χ4n) is 5.90. The molecule has 3 heterocycles. The molecule has 2 aliphatic heterocycles. The predicted molar refractivity (Wildman–Crippen MR) is 165 cm³/mol. The lowest BCUT2D eigenvalue weighted by molar-refractivity contribution is 0.143. The molecular weight excluding hydrogens is 532 g/mol. The number of ether oxygens (including phenoxy) is 1. The van der Waals surface area contributed by atoms with Gasteiger partial charge >= 0.3 is 0 Å². The Balaban J connectivity index is 1.13. The number of aromatic nitrogens is 2. The predicted octanol–water partition coefficient (Wildman–Crippen LogP) is 5.76. The molecule has 2 aromatic carbocycles. The van der Waals surface area contributed by atoms with Gasteiger partial charge in [-0.1, -0.05) is 44.5 Å².